The third-order valence-corrected chi connectivity index (χ3v) is 5.28. The van der Waals surface area contributed by atoms with Crippen molar-refractivity contribution in [3.63, 3.8) is 0 Å². The maximum atomic E-state index is 5.71. The fourth-order valence-electron chi connectivity index (χ4n) is 3.82. The molecule has 1 fully saturated rings. The number of hydrogen-bond donors (Lipinski definition) is 2. The molecule has 0 radical (unpaired) electrons. The fourth-order valence-corrected chi connectivity index (χ4v) is 3.82. The standard InChI is InChI=1S/C22H30N2O3/c1-4-27-22-15-18(9-10-21(22)26-3)16-23-11-13-24(14-12-23)17-19-7-5-6-8-20(19)25-2/h5-10,15H,4,11-14,16-17H2,1-3H3/p+2. The minimum absolute atomic E-state index is 0.650. The van der Waals surface area contributed by atoms with Crippen molar-refractivity contribution in [2.24, 2.45) is 0 Å². The summed E-state index contributed by atoms with van der Waals surface area (Å²) in [6, 6.07) is 14.7. The van der Waals surface area contributed by atoms with E-state index in [1.165, 1.54) is 37.3 Å². The van der Waals surface area contributed by atoms with Crippen molar-refractivity contribution >= 4 is 0 Å². The summed E-state index contributed by atoms with van der Waals surface area (Å²) in [6.45, 7) is 9.45. The molecule has 1 saturated heterocycles. The second-order valence-corrected chi connectivity index (χ2v) is 7.08. The Labute approximate surface area is 162 Å². The van der Waals surface area contributed by atoms with Gasteiger partial charge in [-0.25, -0.2) is 0 Å². The lowest BCUT2D eigenvalue weighted by Crippen LogP contribution is -3.27. The zero-order valence-corrected chi connectivity index (χ0v) is 16.7. The van der Waals surface area contributed by atoms with Crippen LogP contribution in [0.15, 0.2) is 42.5 Å². The molecule has 1 heterocycles. The van der Waals surface area contributed by atoms with Crippen molar-refractivity contribution < 1.29 is 24.0 Å². The Morgan fingerprint density at radius 1 is 0.778 bits per heavy atom. The molecule has 3 rings (SSSR count). The fraction of sp³-hybridized carbons (Fsp3) is 0.455. The predicted octanol–water partition coefficient (Wildman–Crippen LogP) is 0.586. The number of piperazine rings is 1. The Morgan fingerprint density at radius 2 is 1.44 bits per heavy atom. The van der Waals surface area contributed by atoms with Crippen LogP contribution in [0.2, 0.25) is 0 Å². The number of rotatable bonds is 8. The van der Waals surface area contributed by atoms with Gasteiger partial charge in [0.15, 0.2) is 11.5 Å². The van der Waals surface area contributed by atoms with Crippen LogP contribution < -0.4 is 24.0 Å². The van der Waals surface area contributed by atoms with Gasteiger partial charge < -0.3 is 24.0 Å². The Hall–Kier alpha value is -2.24. The van der Waals surface area contributed by atoms with Crippen LogP contribution in [0.4, 0.5) is 0 Å². The van der Waals surface area contributed by atoms with Crippen molar-refractivity contribution in [3.8, 4) is 17.2 Å². The number of para-hydroxylation sites is 1. The molecule has 2 aromatic carbocycles. The Kier molecular flexibility index (Phi) is 6.96. The molecule has 0 aromatic heterocycles. The van der Waals surface area contributed by atoms with Crippen LogP contribution in [-0.4, -0.2) is 47.0 Å². The largest absolute Gasteiger partial charge is 0.496 e. The quantitative estimate of drug-likeness (QED) is 0.712. The van der Waals surface area contributed by atoms with Gasteiger partial charge in [0.2, 0.25) is 0 Å². The van der Waals surface area contributed by atoms with E-state index in [1.807, 2.05) is 19.1 Å². The smallest absolute Gasteiger partial charge is 0.161 e. The first-order valence-electron chi connectivity index (χ1n) is 9.82. The summed E-state index contributed by atoms with van der Waals surface area (Å²) in [5.74, 6) is 2.65. The maximum Gasteiger partial charge on any atom is 0.161 e. The first-order chi connectivity index (χ1) is 13.2. The van der Waals surface area contributed by atoms with E-state index in [0.717, 1.165) is 30.3 Å². The zero-order chi connectivity index (χ0) is 19.1. The summed E-state index contributed by atoms with van der Waals surface area (Å²) in [4.78, 5) is 3.26. The van der Waals surface area contributed by atoms with Gasteiger partial charge in [0.1, 0.15) is 45.0 Å². The van der Waals surface area contributed by atoms with Gasteiger partial charge >= 0.3 is 0 Å². The number of ether oxygens (including phenoxy) is 3. The van der Waals surface area contributed by atoms with E-state index in [9.17, 15) is 0 Å². The molecule has 2 aromatic rings. The highest BCUT2D eigenvalue weighted by Crippen LogP contribution is 2.27. The lowest BCUT2D eigenvalue weighted by Gasteiger charge is -2.30. The lowest BCUT2D eigenvalue weighted by molar-refractivity contribution is -1.02. The normalized spacial score (nSPS) is 19.5. The van der Waals surface area contributed by atoms with Crippen molar-refractivity contribution in [1.82, 2.24) is 0 Å². The number of hydrogen-bond acceptors (Lipinski definition) is 3. The zero-order valence-electron chi connectivity index (χ0n) is 16.7. The topological polar surface area (TPSA) is 36.6 Å². The summed E-state index contributed by atoms with van der Waals surface area (Å²) >= 11 is 0. The SMILES string of the molecule is CCOc1cc(C[NH+]2CC[NH+](Cc3ccccc3OC)CC2)ccc1OC. The highest BCUT2D eigenvalue weighted by Gasteiger charge is 2.24. The molecule has 146 valence electrons. The monoisotopic (exact) mass is 372 g/mol. The molecule has 0 amide bonds. The number of quaternary nitrogens is 2. The van der Waals surface area contributed by atoms with Gasteiger partial charge in [0.05, 0.1) is 20.8 Å². The van der Waals surface area contributed by atoms with Gasteiger partial charge in [-0.1, -0.05) is 12.1 Å². The number of benzene rings is 2. The molecule has 5 heteroatoms. The van der Waals surface area contributed by atoms with Crippen LogP contribution in [0.1, 0.15) is 18.1 Å². The second kappa shape index (κ2) is 9.62. The molecule has 5 nitrogen and oxygen atoms in total. The molecule has 0 spiro atoms. The summed E-state index contributed by atoms with van der Waals surface area (Å²) in [7, 11) is 3.44. The van der Waals surface area contributed by atoms with Crippen LogP contribution in [0.5, 0.6) is 17.2 Å². The van der Waals surface area contributed by atoms with Crippen molar-refractivity contribution in [2.45, 2.75) is 20.0 Å². The lowest BCUT2D eigenvalue weighted by atomic mass is 10.1. The van der Waals surface area contributed by atoms with E-state index in [0.29, 0.717) is 6.61 Å². The average molecular weight is 373 g/mol. The molecular weight excluding hydrogens is 340 g/mol. The average Bonchev–Trinajstić information content (AvgIpc) is 2.70. The van der Waals surface area contributed by atoms with Gasteiger partial charge in [0, 0.05) is 11.1 Å². The van der Waals surface area contributed by atoms with Gasteiger partial charge in [-0.2, -0.15) is 0 Å². The first kappa shape index (κ1) is 19.5. The van der Waals surface area contributed by atoms with Crippen LogP contribution in [-0.2, 0) is 13.1 Å². The summed E-state index contributed by atoms with van der Waals surface area (Å²) in [5.41, 5.74) is 2.61. The van der Waals surface area contributed by atoms with Crippen LogP contribution in [0, 0.1) is 0 Å². The summed E-state index contributed by atoms with van der Waals surface area (Å²) in [5, 5.41) is 0. The minimum atomic E-state index is 0.650. The molecule has 0 aliphatic carbocycles. The predicted molar refractivity (Wildman–Crippen MR) is 106 cm³/mol. The van der Waals surface area contributed by atoms with Crippen LogP contribution in [0.25, 0.3) is 0 Å². The van der Waals surface area contributed by atoms with E-state index in [1.54, 1.807) is 24.0 Å². The van der Waals surface area contributed by atoms with Gasteiger partial charge in [-0.3, -0.25) is 0 Å². The highest BCUT2D eigenvalue weighted by atomic mass is 16.5. The van der Waals surface area contributed by atoms with Crippen molar-refractivity contribution in [1.29, 1.82) is 0 Å². The Morgan fingerprint density at radius 3 is 2.11 bits per heavy atom. The van der Waals surface area contributed by atoms with Crippen molar-refractivity contribution in [2.75, 3.05) is 47.0 Å². The summed E-state index contributed by atoms with van der Waals surface area (Å²) < 4.78 is 16.6. The molecule has 1 aliphatic rings. The van der Waals surface area contributed by atoms with Gasteiger partial charge in [0.25, 0.3) is 0 Å². The second-order valence-electron chi connectivity index (χ2n) is 7.08. The molecule has 0 unspecified atom stereocenters. The molecule has 0 bridgehead atoms. The third-order valence-electron chi connectivity index (χ3n) is 5.28. The van der Waals surface area contributed by atoms with E-state index >= 15 is 0 Å². The van der Waals surface area contributed by atoms with E-state index in [4.69, 9.17) is 14.2 Å². The van der Waals surface area contributed by atoms with E-state index in [2.05, 4.69) is 30.3 Å². The van der Waals surface area contributed by atoms with Gasteiger partial charge in [-0.05, 0) is 37.3 Å². The first-order valence-corrected chi connectivity index (χ1v) is 9.82. The Balaban J connectivity index is 1.54. The number of methoxy groups -OCH3 is 2. The van der Waals surface area contributed by atoms with Gasteiger partial charge in [-0.15, -0.1) is 0 Å². The van der Waals surface area contributed by atoms with Crippen molar-refractivity contribution in [3.05, 3.63) is 53.6 Å². The molecule has 0 saturated carbocycles. The highest BCUT2D eigenvalue weighted by molar-refractivity contribution is 5.42. The van der Waals surface area contributed by atoms with Crippen LogP contribution >= 0.6 is 0 Å². The maximum absolute atomic E-state index is 5.71. The van der Waals surface area contributed by atoms with E-state index < -0.39 is 0 Å². The molecule has 0 atom stereocenters. The Bertz CT molecular complexity index is 727. The van der Waals surface area contributed by atoms with Crippen LogP contribution in [0.3, 0.4) is 0 Å². The third kappa shape index (κ3) is 5.15. The molecule has 1 aliphatic heterocycles. The molecule has 27 heavy (non-hydrogen) atoms. The minimum Gasteiger partial charge on any atom is -0.496 e. The molecular formula is C22H32N2O3+2. The van der Waals surface area contributed by atoms with E-state index in [-0.39, 0.29) is 0 Å². The summed E-state index contributed by atoms with van der Waals surface area (Å²) in [6.07, 6.45) is 0. The molecule has 2 N–H and O–H groups in total. The number of nitrogens with one attached hydrogen (secondary N) is 2.